The summed E-state index contributed by atoms with van der Waals surface area (Å²) in [5.74, 6) is -2.76. The van der Waals surface area contributed by atoms with Gasteiger partial charge in [0, 0.05) is 42.3 Å². The minimum absolute atomic E-state index is 0.0143. The SMILES string of the molecule is C=CC(=O)N1CCN(c2nc(=O)n(-c3c(C(C)C)nc(OC)nc3C(C)C)c3nc(-c4ccccc4F)c(Cl)cc23)[C@@H](C)C1.COc1nc(C(C)C)c(-n2c(=O)[nH]c(=O)c3cc(Cl)c(-c4ccccc4F)nc32)c(C(C)C)n1.COc1nc(C(C)C)c(-n2c(=O)[nH]c(=O)c3cc(Cl)c(Cl)nc32)c(C(C)C)n1.NC(=O)c1cc(Cl)c(Cl)nc1Cl.OB(O)c1ccccc1F. The van der Waals surface area contributed by atoms with Crippen molar-refractivity contribution < 1.29 is 47.0 Å². The summed E-state index contributed by atoms with van der Waals surface area (Å²) in [6.07, 6.45) is 1.29. The molecular formula is C86H86BCl7F3N19O12. The fourth-order valence-electron chi connectivity index (χ4n) is 13.6. The van der Waals surface area contributed by atoms with Gasteiger partial charge >= 0.3 is 42.2 Å². The second kappa shape index (κ2) is 42.0. The number of H-pyrrole nitrogens is 2. The smallest absolute Gasteiger partial charge is 0.467 e. The minimum atomic E-state index is -1.72. The number of ether oxygens (including phenoxy) is 3. The van der Waals surface area contributed by atoms with Crippen molar-refractivity contribution in [3.05, 3.63) is 255 Å². The molecule has 10 aromatic heterocycles. The van der Waals surface area contributed by atoms with Crippen LogP contribution in [0.25, 0.3) is 72.7 Å². The number of amides is 2. The first-order valence-electron chi connectivity index (χ1n) is 39.5. The van der Waals surface area contributed by atoms with E-state index < -0.39 is 58.7 Å². The summed E-state index contributed by atoms with van der Waals surface area (Å²) in [5, 5.41) is 18.3. The first-order valence-corrected chi connectivity index (χ1v) is 42.1. The number of piperazine rings is 1. The summed E-state index contributed by atoms with van der Waals surface area (Å²) in [6, 6.07) is 23.8. The van der Waals surface area contributed by atoms with E-state index in [1.807, 2.05) is 94.9 Å². The number of rotatable bonds is 18. The zero-order chi connectivity index (χ0) is 94.2. The number of pyridine rings is 4. The van der Waals surface area contributed by atoms with Crippen LogP contribution < -0.4 is 58.5 Å². The van der Waals surface area contributed by atoms with E-state index in [1.165, 1.54) is 102 Å². The molecule has 0 spiro atoms. The van der Waals surface area contributed by atoms with Gasteiger partial charge in [-0.05, 0) is 103 Å². The molecule has 1 saturated heterocycles. The molecule has 14 rings (SSSR count). The third-order valence-electron chi connectivity index (χ3n) is 19.7. The number of hydrogen-bond donors (Lipinski definition) is 5. The lowest BCUT2D eigenvalue weighted by atomic mass is 9.80. The van der Waals surface area contributed by atoms with Crippen LogP contribution in [0.1, 0.15) is 170 Å². The molecule has 0 radical (unpaired) electrons. The molecular weight excluding hydrogens is 1810 g/mol. The lowest BCUT2D eigenvalue weighted by molar-refractivity contribution is -0.126. The normalized spacial score (nSPS) is 12.6. The zero-order valence-electron chi connectivity index (χ0n) is 71.8. The maximum Gasteiger partial charge on any atom is 0.491 e. The van der Waals surface area contributed by atoms with E-state index in [1.54, 1.807) is 41.3 Å². The number of nitrogens with one attached hydrogen (secondary N) is 2. The number of nitrogens with zero attached hydrogens (tertiary/aromatic N) is 16. The quantitative estimate of drug-likeness (QED) is 0.0302. The van der Waals surface area contributed by atoms with Gasteiger partial charge in [-0.3, -0.25) is 29.1 Å². The van der Waals surface area contributed by atoms with Crippen molar-refractivity contribution in [3.8, 4) is 57.6 Å². The van der Waals surface area contributed by atoms with E-state index in [0.717, 1.165) is 0 Å². The van der Waals surface area contributed by atoms with Crippen LogP contribution in [0, 0.1) is 17.5 Å². The van der Waals surface area contributed by atoms with Crippen molar-refractivity contribution in [2.24, 2.45) is 5.73 Å². The van der Waals surface area contributed by atoms with Gasteiger partial charge in [-0.2, -0.15) is 34.9 Å². The Hall–Kier alpha value is -11.8. The third-order valence-corrected chi connectivity index (χ3v) is 21.9. The molecule has 670 valence electrons. The molecule has 1 atom stereocenters. The number of hydrogen-bond acceptors (Lipinski definition) is 24. The van der Waals surface area contributed by atoms with Gasteiger partial charge in [0.25, 0.3) is 17.0 Å². The number of carbonyl (C=O) groups excluding carboxylic acids is 2. The lowest BCUT2D eigenvalue weighted by Gasteiger charge is -2.40. The predicted molar refractivity (Wildman–Crippen MR) is 490 cm³/mol. The van der Waals surface area contributed by atoms with Crippen LogP contribution in [0.4, 0.5) is 19.0 Å². The number of benzene rings is 3. The fourth-order valence-corrected chi connectivity index (χ4v) is 14.9. The first kappa shape index (κ1) is 98.4. The molecule has 1 aliphatic heterocycles. The highest BCUT2D eigenvalue weighted by Gasteiger charge is 2.34. The average Bonchev–Trinajstić information content (AvgIpc) is 0.722. The van der Waals surface area contributed by atoms with Gasteiger partial charge in [-0.15, -0.1) is 0 Å². The van der Waals surface area contributed by atoms with Crippen LogP contribution in [-0.2, 0) is 4.79 Å². The zero-order valence-corrected chi connectivity index (χ0v) is 77.0. The van der Waals surface area contributed by atoms with E-state index in [2.05, 4.69) is 66.4 Å². The Morgan fingerprint density at radius 2 is 0.844 bits per heavy atom. The Kier molecular flexibility index (Phi) is 32.3. The number of methoxy groups -OCH3 is 3. The van der Waals surface area contributed by atoms with Crippen molar-refractivity contribution in [1.29, 1.82) is 0 Å². The van der Waals surface area contributed by atoms with Gasteiger partial charge in [0.15, 0.2) is 16.9 Å². The van der Waals surface area contributed by atoms with Crippen LogP contribution >= 0.6 is 81.2 Å². The summed E-state index contributed by atoms with van der Waals surface area (Å²) in [6.45, 7) is 30.1. The molecule has 6 N–H and O–H groups in total. The Balaban J connectivity index is 0.000000181. The van der Waals surface area contributed by atoms with E-state index >= 15 is 4.39 Å². The molecule has 11 heterocycles. The molecule has 13 aromatic rings. The maximum atomic E-state index is 15.1. The molecule has 2 amide bonds. The predicted octanol–water partition coefficient (Wildman–Crippen LogP) is 15.2. The van der Waals surface area contributed by atoms with E-state index in [-0.39, 0.29) is 162 Å². The van der Waals surface area contributed by atoms with Crippen molar-refractivity contribution >= 4 is 145 Å². The Morgan fingerprint density at radius 1 is 0.484 bits per heavy atom. The molecule has 0 unspecified atom stereocenters. The number of nitrogens with two attached hydrogens (primary N) is 1. The molecule has 42 heteroatoms. The highest BCUT2D eigenvalue weighted by Crippen LogP contribution is 2.41. The van der Waals surface area contributed by atoms with Crippen molar-refractivity contribution in [1.82, 2.24) is 83.4 Å². The molecule has 3 aromatic carbocycles. The Morgan fingerprint density at radius 3 is 1.21 bits per heavy atom. The molecule has 128 heavy (non-hydrogen) atoms. The summed E-state index contributed by atoms with van der Waals surface area (Å²) in [4.78, 5) is 146. The Labute approximate surface area is 765 Å². The topological polar surface area (TPSA) is 408 Å². The van der Waals surface area contributed by atoms with Crippen LogP contribution in [0.2, 0.25) is 35.5 Å². The van der Waals surface area contributed by atoms with Crippen LogP contribution in [0.3, 0.4) is 0 Å². The van der Waals surface area contributed by atoms with Gasteiger partial charge in [-0.1, -0.05) is 213 Å². The first-order chi connectivity index (χ1) is 60.5. The molecule has 31 nitrogen and oxygen atoms in total. The number of halogens is 10. The van der Waals surface area contributed by atoms with Gasteiger partial charge in [0.05, 0.1) is 126 Å². The van der Waals surface area contributed by atoms with E-state index in [9.17, 15) is 42.3 Å². The number of carbonyl (C=O) groups is 2. The number of anilines is 1. The minimum Gasteiger partial charge on any atom is -0.467 e. The lowest BCUT2D eigenvalue weighted by Crippen LogP contribution is -2.54. The fraction of sp³-hybridized carbons (Fsp3) is 0.302. The van der Waals surface area contributed by atoms with Crippen molar-refractivity contribution in [2.75, 3.05) is 45.9 Å². The summed E-state index contributed by atoms with van der Waals surface area (Å²) in [5.41, 5.74) is 7.35. The standard InChI is InChI=1S/C32H35ClFN7O3.C24H23ClFN5O3.C18H19Cl2N5O3.C6H6BFO2.C6H3Cl3N2O/c1-8-24(42)39-13-14-40(19(6)16-39)29-21-15-22(33)27(20-11-9-10-12-23(20)34)35-30(21)41(32(43)38-29)28-25(17(2)3)36-31(44-7)37-26(28)18(4)5;1-11(2)17-20(18(12(3)4)29-23(28-17)34-5)31-21-14(22(32)30-24(31)33)10-15(25)19(27-21)13-8-6-7-9-16(13)26;1-7(2)11-13(12(8(3)4)22-17(21-11)28-5)25-15-9(16(26)24-18(25)27)6-10(19)14(20)23-15;8-6-4-2-1-3-5(6)7(9)10;7-3-1-2(6(10)12)4(8)11-5(3)9/h8-12,15,17-19H,1,13-14,16H2,2-7H3;6-12H,1-5H3,(H,30,32,33);6-8H,1-5H3,(H,24,26,27);1-4,9-10H;1H,(H2,10,12)/t19-;;;;/m0..../s1. The Bertz CT molecular complexity index is 6700. The molecule has 0 saturated carbocycles. The third kappa shape index (κ3) is 21.3. The average molecular weight is 1890 g/mol. The maximum absolute atomic E-state index is 15.1. The van der Waals surface area contributed by atoms with Gasteiger partial charge < -0.3 is 39.8 Å². The van der Waals surface area contributed by atoms with Crippen molar-refractivity contribution in [2.45, 2.75) is 132 Å². The van der Waals surface area contributed by atoms with Gasteiger partial charge in [-0.25, -0.2) is 61.2 Å². The molecule has 0 bridgehead atoms. The second-order valence-corrected chi connectivity index (χ2v) is 33.2. The summed E-state index contributed by atoms with van der Waals surface area (Å²) in [7, 11) is 2.72. The van der Waals surface area contributed by atoms with Gasteiger partial charge in [0.1, 0.15) is 38.7 Å². The number of aromatic nitrogens is 16. The van der Waals surface area contributed by atoms with E-state index in [0.29, 0.717) is 82.1 Å². The number of aromatic amines is 2. The molecule has 1 fully saturated rings. The van der Waals surface area contributed by atoms with Gasteiger partial charge in [0.2, 0.25) is 5.91 Å². The van der Waals surface area contributed by atoms with Crippen LogP contribution in [0.15, 0.2) is 134 Å². The van der Waals surface area contributed by atoms with Crippen LogP contribution in [0.5, 0.6) is 18.0 Å². The monoisotopic (exact) mass is 1890 g/mol. The summed E-state index contributed by atoms with van der Waals surface area (Å²) < 4.78 is 62.1. The van der Waals surface area contributed by atoms with E-state index in [4.69, 9.17) is 116 Å². The highest BCUT2D eigenvalue weighted by atomic mass is 35.5. The number of fused-ring (bicyclic) bond motifs is 3. The highest BCUT2D eigenvalue weighted by molar-refractivity contribution is 6.58. The van der Waals surface area contributed by atoms with Crippen molar-refractivity contribution in [3.63, 3.8) is 0 Å². The number of primary amides is 1. The largest absolute Gasteiger partial charge is 0.491 e. The molecule has 1 aliphatic rings. The second-order valence-electron chi connectivity index (χ2n) is 30.5. The van der Waals surface area contributed by atoms with Crippen LogP contribution in [-0.4, -0.2) is 159 Å². The molecule has 0 aliphatic carbocycles. The summed E-state index contributed by atoms with van der Waals surface area (Å²) >= 11 is 42.0.